The summed E-state index contributed by atoms with van der Waals surface area (Å²) in [4.78, 5) is 11.7. The summed E-state index contributed by atoms with van der Waals surface area (Å²) in [6, 6.07) is -0.0131. The third-order valence-electron chi connectivity index (χ3n) is 3.20. The number of hydrogen-bond acceptors (Lipinski definition) is 4. The fourth-order valence-electron chi connectivity index (χ4n) is 1.69. The minimum atomic E-state index is -2.99. The number of nitrogens with one attached hydrogen (secondary N) is 1. The van der Waals surface area contributed by atoms with Gasteiger partial charge in [-0.1, -0.05) is 6.92 Å². The lowest BCUT2D eigenvalue weighted by molar-refractivity contribution is -0.125. The Morgan fingerprint density at radius 1 is 1.50 bits per heavy atom. The van der Waals surface area contributed by atoms with E-state index in [1.807, 2.05) is 13.8 Å². The molecule has 0 aromatic carbocycles. The van der Waals surface area contributed by atoms with Crippen molar-refractivity contribution in [2.75, 3.05) is 18.1 Å². The molecule has 0 radical (unpaired) electrons. The number of carbonyl (C=O) groups excluding carboxylic acids is 1. The Morgan fingerprint density at radius 2 is 2.12 bits per heavy atom. The van der Waals surface area contributed by atoms with Gasteiger partial charge in [-0.3, -0.25) is 4.79 Å². The van der Waals surface area contributed by atoms with Crippen LogP contribution in [0.1, 0.15) is 20.3 Å². The molecule has 0 saturated carbocycles. The van der Waals surface area contributed by atoms with E-state index in [0.29, 0.717) is 13.0 Å². The first-order valence-electron chi connectivity index (χ1n) is 5.56. The van der Waals surface area contributed by atoms with Crippen LogP contribution in [0.25, 0.3) is 0 Å². The average Bonchev–Trinajstić information content (AvgIpc) is 2.57. The van der Waals surface area contributed by atoms with Crippen molar-refractivity contribution in [2.24, 2.45) is 17.6 Å². The van der Waals surface area contributed by atoms with Gasteiger partial charge in [0.15, 0.2) is 9.84 Å². The Morgan fingerprint density at radius 3 is 2.56 bits per heavy atom. The number of hydrogen-bond donors (Lipinski definition) is 2. The Bertz CT molecular complexity index is 353. The molecule has 1 rings (SSSR count). The predicted octanol–water partition coefficient (Wildman–Crippen LogP) is -0.479. The Labute approximate surface area is 96.7 Å². The zero-order chi connectivity index (χ0) is 12.3. The highest BCUT2D eigenvalue weighted by molar-refractivity contribution is 7.91. The minimum absolute atomic E-state index is 0.0113. The summed E-state index contributed by atoms with van der Waals surface area (Å²) >= 11 is 0. The summed E-state index contributed by atoms with van der Waals surface area (Å²) < 4.78 is 22.4. The predicted molar refractivity (Wildman–Crippen MR) is 62.6 cm³/mol. The standard InChI is InChI=1S/C10H20N2O3S/c1-7(5-11)8(2)12-10(13)9-3-4-16(14,15)6-9/h7-9H,3-6,11H2,1-2H3,(H,12,13). The number of rotatable bonds is 4. The van der Waals surface area contributed by atoms with Crippen LogP contribution in [-0.4, -0.2) is 38.4 Å². The van der Waals surface area contributed by atoms with Crippen molar-refractivity contribution in [2.45, 2.75) is 26.3 Å². The largest absolute Gasteiger partial charge is 0.353 e. The molecule has 0 bridgehead atoms. The second-order valence-electron chi connectivity index (χ2n) is 4.61. The summed E-state index contributed by atoms with van der Waals surface area (Å²) in [5, 5.41) is 2.83. The number of carbonyl (C=O) groups is 1. The van der Waals surface area contributed by atoms with Crippen LogP contribution in [0.15, 0.2) is 0 Å². The van der Waals surface area contributed by atoms with Crippen LogP contribution in [0.2, 0.25) is 0 Å². The van der Waals surface area contributed by atoms with Crippen LogP contribution in [0.4, 0.5) is 0 Å². The molecule has 1 saturated heterocycles. The van der Waals surface area contributed by atoms with Crippen molar-refractivity contribution in [3.05, 3.63) is 0 Å². The number of nitrogens with two attached hydrogens (primary N) is 1. The summed E-state index contributed by atoms with van der Waals surface area (Å²) in [7, 11) is -2.99. The summed E-state index contributed by atoms with van der Waals surface area (Å²) in [6.07, 6.45) is 0.442. The van der Waals surface area contributed by atoms with Gasteiger partial charge in [-0.15, -0.1) is 0 Å². The van der Waals surface area contributed by atoms with Crippen molar-refractivity contribution < 1.29 is 13.2 Å². The first-order valence-corrected chi connectivity index (χ1v) is 7.38. The van der Waals surface area contributed by atoms with Crippen LogP contribution in [-0.2, 0) is 14.6 Å². The van der Waals surface area contributed by atoms with Crippen molar-refractivity contribution in [3.63, 3.8) is 0 Å². The first-order chi connectivity index (χ1) is 7.35. The highest BCUT2D eigenvalue weighted by Gasteiger charge is 2.33. The number of sulfone groups is 1. The second-order valence-corrected chi connectivity index (χ2v) is 6.84. The molecule has 0 aliphatic carbocycles. The van der Waals surface area contributed by atoms with Crippen molar-refractivity contribution in [1.82, 2.24) is 5.32 Å². The van der Waals surface area contributed by atoms with Crippen LogP contribution in [0, 0.1) is 11.8 Å². The maximum atomic E-state index is 11.7. The van der Waals surface area contributed by atoms with Gasteiger partial charge in [-0.05, 0) is 25.8 Å². The van der Waals surface area contributed by atoms with Crippen molar-refractivity contribution in [1.29, 1.82) is 0 Å². The van der Waals surface area contributed by atoms with Crippen molar-refractivity contribution >= 4 is 15.7 Å². The lowest BCUT2D eigenvalue weighted by Gasteiger charge is -2.21. The van der Waals surface area contributed by atoms with Gasteiger partial charge in [-0.25, -0.2) is 8.42 Å². The molecule has 1 aliphatic heterocycles. The highest BCUT2D eigenvalue weighted by atomic mass is 32.2. The maximum Gasteiger partial charge on any atom is 0.224 e. The molecule has 6 heteroatoms. The zero-order valence-corrected chi connectivity index (χ0v) is 10.6. The fourth-order valence-corrected chi connectivity index (χ4v) is 3.43. The molecule has 1 fully saturated rings. The first kappa shape index (κ1) is 13.4. The van der Waals surface area contributed by atoms with Gasteiger partial charge < -0.3 is 11.1 Å². The quantitative estimate of drug-likeness (QED) is 0.703. The summed E-state index contributed by atoms with van der Waals surface area (Å²) in [6.45, 7) is 4.35. The van der Waals surface area contributed by atoms with E-state index in [9.17, 15) is 13.2 Å². The molecule has 16 heavy (non-hydrogen) atoms. The molecule has 1 heterocycles. The van der Waals surface area contributed by atoms with E-state index in [4.69, 9.17) is 5.73 Å². The Hall–Kier alpha value is -0.620. The van der Waals surface area contributed by atoms with Gasteiger partial charge in [0.05, 0.1) is 17.4 Å². The zero-order valence-electron chi connectivity index (χ0n) is 9.77. The lowest BCUT2D eigenvalue weighted by atomic mass is 10.0. The van der Waals surface area contributed by atoms with Crippen LogP contribution >= 0.6 is 0 Å². The SMILES string of the molecule is CC(CN)C(C)NC(=O)C1CCS(=O)(=O)C1. The van der Waals surface area contributed by atoms with E-state index in [2.05, 4.69) is 5.32 Å². The summed E-state index contributed by atoms with van der Waals surface area (Å²) in [5.41, 5.74) is 5.50. The van der Waals surface area contributed by atoms with Crippen LogP contribution < -0.4 is 11.1 Å². The molecule has 94 valence electrons. The van der Waals surface area contributed by atoms with Gasteiger partial charge in [0.1, 0.15) is 0 Å². The van der Waals surface area contributed by atoms with Gasteiger partial charge in [0, 0.05) is 6.04 Å². The van der Waals surface area contributed by atoms with Crippen molar-refractivity contribution in [3.8, 4) is 0 Å². The van der Waals surface area contributed by atoms with E-state index >= 15 is 0 Å². The molecule has 0 aromatic rings. The number of amides is 1. The normalized spacial score (nSPS) is 27.3. The van der Waals surface area contributed by atoms with E-state index in [0.717, 1.165) is 0 Å². The smallest absolute Gasteiger partial charge is 0.224 e. The molecule has 0 aromatic heterocycles. The monoisotopic (exact) mass is 248 g/mol. The van der Waals surface area contributed by atoms with Crippen LogP contribution in [0.3, 0.4) is 0 Å². The van der Waals surface area contributed by atoms with Gasteiger partial charge in [0.25, 0.3) is 0 Å². The molecule has 0 spiro atoms. The van der Waals surface area contributed by atoms with E-state index in [-0.39, 0.29) is 35.3 Å². The average molecular weight is 248 g/mol. The third-order valence-corrected chi connectivity index (χ3v) is 4.97. The molecule has 5 nitrogen and oxygen atoms in total. The topological polar surface area (TPSA) is 89.3 Å². The molecule has 1 amide bonds. The van der Waals surface area contributed by atoms with Gasteiger partial charge in [-0.2, -0.15) is 0 Å². The lowest BCUT2D eigenvalue weighted by Crippen LogP contribution is -2.42. The Balaban J connectivity index is 2.48. The molecular formula is C10H20N2O3S. The summed E-state index contributed by atoms with van der Waals surface area (Å²) in [5.74, 6) is -0.220. The van der Waals surface area contributed by atoms with E-state index in [1.165, 1.54) is 0 Å². The highest BCUT2D eigenvalue weighted by Crippen LogP contribution is 2.18. The third kappa shape index (κ3) is 3.45. The molecular weight excluding hydrogens is 228 g/mol. The second kappa shape index (κ2) is 5.14. The fraction of sp³-hybridized carbons (Fsp3) is 0.900. The van der Waals surface area contributed by atoms with E-state index < -0.39 is 9.84 Å². The molecule has 3 N–H and O–H groups in total. The Kier molecular flexibility index (Phi) is 4.32. The maximum absolute atomic E-state index is 11.7. The molecule has 3 atom stereocenters. The van der Waals surface area contributed by atoms with Crippen LogP contribution in [0.5, 0.6) is 0 Å². The minimum Gasteiger partial charge on any atom is -0.353 e. The molecule has 3 unspecified atom stereocenters. The van der Waals surface area contributed by atoms with Gasteiger partial charge >= 0.3 is 0 Å². The molecule has 1 aliphatic rings. The van der Waals surface area contributed by atoms with Gasteiger partial charge in [0.2, 0.25) is 5.91 Å². The van der Waals surface area contributed by atoms with E-state index in [1.54, 1.807) is 0 Å².